The normalized spacial score (nSPS) is 21.9. The molecule has 2 aromatic rings. The van der Waals surface area contributed by atoms with E-state index in [1.165, 1.54) is 12.1 Å². The lowest BCUT2D eigenvalue weighted by molar-refractivity contribution is 0.0923. The van der Waals surface area contributed by atoms with E-state index in [1.54, 1.807) is 30.3 Å². The Morgan fingerprint density at radius 1 is 1.08 bits per heavy atom. The van der Waals surface area contributed by atoms with Crippen LogP contribution in [0.5, 0.6) is 11.5 Å². The van der Waals surface area contributed by atoms with E-state index < -0.39 is 0 Å². The van der Waals surface area contributed by atoms with Gasteiger partial charge in [-0.25, -0.2) is 4.39 Å². The van der Waals surface area contributed by atoms with Crippen LogP contribution in [-0.2, 0) is 0 Å². The molecule has 1 fully saturated rings. The van der Waals surface area contributed by atoms with E-state index >= 15 is 0 Å². The van der Waals surface area contributed by atoms with Gasteiger partial charge in [-0.05, 0) is 48.9 Å². The Balaban J connectivity index is 1.50. The number of hydrogen-bond donors (Lipinski definition) is 2. The van der Waals surface area contributed by atoms with Crippen molar-refractivity contribution in [3.8, 4) is 11.5 Å². The summed E-state index contributed by atoms with van der Waals surface area (Å²) in [6.07, 6.45) is 0.887. The van der Waals surface area contributed by atoms with Crippen LogP contribution >= 0.6 is 0 Å². The second-order valence-electron chi connectivity index (χ2n) is 6.59. The number of halogens is 1. The molecule has 0 radical (unpaired) electrons. The maximum Gasteiger partial charge on any atom is 0.251 e. The highest BCUT2D eigenvalue weighted by Gasteiger charge is 2.28. The van der Waals surface area contributed by atoms with E-state index in [2.05, 4.69) is 10.6 Å². The van der Waals surface area contributed by atoms with E-state index in [0.717, 1.165) is 18.5 Å². The first-order valence-corrected chi connectivity index (χ1v) is 8.87. The minimum absolute atomic E-state index is 0.0603. The van der Waals surface area contributed by atoms with E-state index in [0.29, 0.717) is 36.8 Å². The Labute approximate surface area is 151 Å². The Kier molecular flexibility index (Phi) is 4.75. The van der Waals surface area contributed by atoms with Crippen molar-refractivity contribution in [2.45, 2.75) is 18.4 Å². The van der Waals surface area contributed by atoms with Crippen LogP contribution in [-0.4, -0.2) is 38.3 Å². The predicted octanol–water partition coefficient (Wildman–Crippen LogP) is 2.47. The molecule has 1 amide bonds. The van der Waals surface area contributed by atoms with Crippen molar-refractivity contribution in [3.63, 3.8) is 0 Å². The number of rotatable bonds is 3. The molecule has 2 heterocycles. The summed E-state index contributed by atoms with van der Waals surface area (Å²) in [6, 6.07) is 11.7. The summed E-state index contributed by atoms with van der Waals surface area (Å²) in [5, 5.41) is 6.43. The molecule has 2 unspecified atom stereocenters. The standard InChI is InChI=1S/C20H21FN2O3/c21-15-4-1-13(2-5-15)16-7-8-22-12-17(16)23-20(24)14-3-6-18-19(11-14)26-10-9-25-18/h1-6,11,16-17,22H,7-10,12H2,(H,23,24). The zero-order valence-corrected chi connectivity index (χ0v) is 14.3. The van der Waals surface area contributed by atoms with Crippen LogP contribution in [0.3, 0.4) is 0 Å². The number of piperidine rings is 1. The second kappa shape index (κ2) is 7.33. The molecule has 0 bridgehead atoms. The van der Waals surface area contributed by atoms with Gasteiger partial charge >= 0.3 is 0 Å². The number of benzene rings is 2. The average Bonchev–Trinajstić information content (AvgIpc) is 2.69. The maximum absolute atomic E-state index is 13.2. The van der Waals surface area contributed by atoms with Gasteiger partial charge in [0, 0.05) is 24.1 Å². The third-order valence-corrected chi connectivity index (χ3v) is 4.90. The number of carbonyl (C=O) groups is 1. The lowest BCUT2D eigenvalue weighted by atomic mass is 9.86. The van der Waals surface area contributed by atoms with Crippen molar-refractivity contribution >= 4 is 5.91 Å². The highest BCUT2D eigenvalue weighted by molar-refractivity contribution is 5.95. The Bertz CT molecular complexity index is 794. The fourth-order valence-corrected chi connectivity index (χ4v) is 3.56. The average molecular weight is 356 g/mol. The van der Waals surface area contributed by atoms with Crippen LogP contribution in [0.2, 0.25) is 0 Å². The maximum atomic E-state index is 13.2. The quantitative estimate of drug-likeness (QED) is 0.887. The summed E-state index contributed by atoms with van der Waals surface area (Å²) in [4.78, 5) is 12.7. The van der Waals surface area contributed by atoms with E-state index in [-0.39, 0.29) is 23.7 Å². The monoisotopic (exact) mass is 356 g/mol. The van der Waals surface area contributed by atoms with E-state index in [4.69, 9.17) is 9.47 Å². The highest BCUT2D eigenvalue weighted by Crippen LogP contribution is 2.31. The third-order valence-electron chi connectivity index (χ3n) is 4.90. The minimum atomic E-state index is -0.250. The molecule has 2 aliphatic rings. The largest absolute Gasteiger partial charge is 0.486 e. The molecule has 0 spiro atoms. The molecule has 26 heavy (non-hydrogen) atoms. The molecular weight excluding hydrogens is 335 g/mol. The predicted molar refractivity (Wildman–Crippen MR) is 95.3 cm³/mol. The van der Waals surface area contributed by atoms with Gasteiger partial charge < -0.3 is 20.1 Å². The Morgan fingerprint density at radius 3 is 2.65 bits per heavy atom. The first-order chi connectivity index (χ1) is 12.7. The lowest BCUT2D eigenvalue weighted by Crippen LogP contribution is -2.50. The van der Waals surface area contributed by atoms with Gasteiger partial charge in [0.15, 0.2) is 11.5 Å². The highest BCUT2D eigenvalue weighted by atomic mass is 19.1. The first-order valence-electron chi connectivity index (χ1n) is 8.87. The number of nitrogens with one attached hydrogen (secondary N) is 2. The molecule has 2 aromatic carbocycles. The van der Waals surface area contributed by atoms with Gasteiger partial charge in [-0.2, -0.15) is 0 Å². The zero-order chi connectivity index (χ0) is 17.9. The van der Waals surface area contributed by atoms with E-state index in [1.807, 2.05) is 0 Å². The molecule has 6 heteroatoms. The first kappa shape index (κ1) is 16.8. The van der Waals surface area contributed by atoms with Gasteiger partial charge in [0.05, 0.1) is 0 Å². The van der Waals surface area contributed by atoms with Gasteiger partial charge in [-0.15, -0.1) is 0 Å². The Hall–Kier alpha value is -2.60. The number of hydrogen-bond acceptors (Lipinski definition) is 4. The van der Waals surface area contributed by atoms with Crippen molar-refractivity contribution in [1.82, 2.24) is 10.6 Å². The molecule has 0 aromatic heterocycles. The molecule has 5 nitrogen and oxygen atoms in total. The van der Waals surface area contributed by atoms with Crippen LogP contribution in [0.25, 0.3) is 0 Å². The van der Waals surface area contributed by atoms with Crippen molar-refractivity contribution in [2.24, 2.45) is 0 Å². The molecule has 0 aliphatic carbocycles. The van der Waals surface area contributed by atoms with Crippen molar-refractivity contribution in [3.05, 3.63) is 59.4 Å². The SMILES string of the molecule is O=C(NC1CNCCC1c1ccc(F)cc1)c1ccc2c(c1)OCCO2. The summed E-state index contributed by atoms with van der Waals surface area (Å²) < 4.78 is 24.3. The summed E-state index contributed by atoms with van der Waals surface area (Å²) in [5.41, 5.74) is 1.58. The van der Waals surface area contributed by atoms with E-state index in [9.17, 15) is 9.18 Å². The molecule has 2 aliphatic heterocycles. The molecule has 1 saturated heterocycles. The van der Waals surface area contributed by atoms with Gasteiger partial charge in [0.2, 0.25) is 0 Å². The van der Waals surface area contributed by atoms with Crippen LogP contribution in [0.1, 0.15) is 28.3 Å². The summed E-state index contributed by atoms with van der Waals surface area (Å²) in [5.74, 6) is 1.01. The van der Waals surface area contributed by atoms with Crippen molar-refractivity contribution < 1.29 is 18.7 Å². The second-order valence-corrected chi connectivity index (χ2v) is 6.59. The summed E-state index contributed by atoms with van der Waals surface area (Å²) >= 11 is 0. The molecule has 2 N–H and O–H groups in total. The third kappa shape index (κ3) is 3.51. The van der Waals surface area contributed by atoms with Crippen LogP contribution < -0.4 is 20.1 Å². The van der Waals surface area contributed by atoms with Gasteiger partial charge in [0.1, 0.15) is 19.0 Å². The Morgan fingerprint density at radius 2 is 1.85 bits per heavy atom. The van der Waals surface area contributed by atoms with Crippen LogP contribution in [0.15, 0.2) is 42.5 Å². The fourth-order valence-electron chi connectivity index (χ4n) is 3.56. The van der Waals surface area contributed by atoms with Crippen molar-refractivity contribution in [2.75, 3.05) is 26.3 Å². The van der Waals surface area contributed by atoms with Gasteiger partial charge in [-0.3, -0.25) is 4.79 Å². The molecule has 0 saturated carbocycles. The number of amides is 1. The molecular formula is C20H21FN2O3. The molecule has 4 rings (SSSR count). The topological polar surface area (TPSA) is 59.6 Å². The van der Waals surface area contributed by atoms with Crippen LogP contribution in [0.4, 0.5) is 4.39 Å². The van der Waals surface area contributed by atoms with Gasteiger partial charge in [-0.1, -0.05) is 12.1 Å². The smallest absolute Gasteiger partial charge is 0.251 e. The summed E-state index contributed by atoms with van der Waals surface area (Å²) in [6.45, 7) is 2.56. The lowest BCUT2D eigenvalue weighted by Gasteiger charge is -2.33. The number of fused-ring (bicyclic) bond motifs is 1. The molecule has 2 atom stereocenters. The fraction of sp³-hybridized carbons (Fsp3) is 0.350. The number of ether oxygens (including phenoxy) is 2. The van der Waals surface area contributed by atoms with Crippen molar-refractivity contribution in [1.29, 1.82) is 0 Å². The number of carbonyl (C=O) groups excluding carboxylic acids is 1. The minimum Gasteiger partial charge on any atom is -0.486 e. The molecule has 136 valence electrons. The summed E-state index contributed by atoms with van der Waals surface area (Å²) in [7, 11) is 0. The van der Waals surface area contributed by atoms with Crippen LogP contribution in [0, 0.1) is 5.82 Å². The van der Waals surface area contributed by atoms with Gasteiger partial charge in [0.25, 0.3) is 5.91 Å². The zero-order valence-electron chi connectivity index (χ0n) is 14.3.